The van der Waals surface area contributed by atoms with Crippen molar-refractivity contribution in [2.75, 3.05) is 11.1 Å². The number of H-pyrrole nitrogens is 1. The largest absolute Gasteiger partial charge is 0.333 e. The minimum Gasteiger partial charge on any atom is -0.333 e. The van der Waals surface area contributed by atoms with Crippen molar-refractivity contribution in [3.8, 4) is 0 Å². The molecular weight excluding hydrogens is 477 g/mol. The lowest BCUT2D eigenvalue weighted by molar-refractivity contribution is -0.113. The zero-order chi connectivity index (χ0) is 15.5. The number of hydrogen-bond acceptors (Lipinski definition) is 3. The number of thioether (sulfide) groups is 1. The standard InChI is InChI=1S/C15H11BrIN3OS/c16-9-4-5-12-13(6-9)20-15(19-12)22-8-14(21)18-11-3-1-2-10(17)7-11/h1-7H,8H2,(H,18,21)(H,19,20). The number of anilines is 1. The van der Waals surface area contributed by atoms with Crippen LogP contribution in [-0.4, -0.2) is 21.6 Å². The molecule has 22 heavy (non-hydrogen) atoms. The number of nitrogens with one attached hydrogen (secondary N) is 2. The second-order valence-corrected chi connectivity index (χ2v) is 7.68. The number of hydrogen-bond donors (Lipinski definition) is 2. The van der Waals surface area contributed by atoms with Gasteiger partial charge in [0.2, 0.25) is 5.91 Å². The number of carbonyl (C=O) groups excluding carboxylic acids is 1. The molecule has 3 rings (SSSR count). The molecule has 0 saturated carbocycles. The molecule has 0 bridgehead atoms. The van der Waals surface area contributed by atoms with Crippen LogP contribution in [0.25, 0.3) is 11.0 Å². The first-order chi connectivity index (χ1) is 10.6. The molecule has 112 valence electrons. The number of aromatic amines is 1. The highest BCUT2D eigenvalue weighted by Crippen LogP contribution is 2.22. The predicted octanol–water partition coefficient (Wildman–Crippen LogP) is 4.66. The fourth-order valence-electron chi connectivity index (χ4n) is 1.92. The second kappa shape index (κ2) is 7.01. The first-order valence-corrected chi connectivity index (χ1v) is 9.29. The third-order valence-corrected chi connectivity index (χ3v) is 4.91. The normalized spacial score (nSPS) is 10.8. The van der Waals surface area contributed by atoms with E-state index in [0.29, 0.717) is 5.75 Å². The van der Waals surface area contributed by atoms with Gasteiger partial charge in [-0.15, -0.1) is 0 Å². The summed E-state index contributed by atoms with van der Waals surface area (Å²) >= 11 is 7.03. The smallest absolute Gasteiger partial charge is 0.234 e. The quantitative estimate of drug-likeness (QED) is 0.415. The summed E-state index contributed by atoms with van der Waals surface area (Å²) in [7, 11) is 0. The number of aromatic nitrogens is 2. The van der Waals surface area contributed by atoms with Gasteiger partial charge < -0.3 is 10.3 Å². The summed E-state index contributed by atoms with van der Waals surface area (Å²) < 4.78 is 2.09. The Morgan fingerprint density at radius 1 is 1.32 bits per heavy atom. The Morgan fingerprint density at radius 3 is 3.00 bits per heavy atom. The molecule has 0 spiro atoms. The number of imidazole rings is 1. The van der Waals surface area contributed by atoms with E-state index in [0.717, 1.165) is 29.9 Å². The number of halogens is 2. The van der Waals surface area contributed by atoms with Crippen molar-refractivity contribution in [1.29, 1.82) is 0 Å². The van der Waals surface area contributed by atoms with Crippen molar-refractivity contribution < 1.29 is 4.79 Å². The van der Waals surface area contributed by atoms with Crippen molar-refractivity contribution in [3.63, 3.8) is 0 Å². The van der Waals surface area contributed by atoms with Crippen LogP contribution in [0.3, 0.4) is 0 Å². The van der Waals surface area contributed by atoms with E-state index in [1.165, 1.54) is 11.8 Å². The molecule has 0 unspecified atom stereocenters. The number of nitrogens with zero attached hydrogens (tertiary/aromatic N) is 1. The summed E-state index contributed by atoms with van der Waals surface area (Å²) in [6.07, 6.45) is 0. The molecule has 0 aliphatic heterocycles. The van der Waals surface area contributed by atoms with E-state index in [-0.39, 0.29) is 5.91 Å². The highest BCUT2D eigenvalue weighted by molar-refractivity contribution is 14.1. The highest BCUT2D eigenvalue weighted by Gasteiger charge is 2.08. The van der Waals surface area contributed by atoms with Gasteiger partial charge in [-0.1, -0.05) is 33.8 Å². The van der Waals surface area contributed by atoms with Crippen molar-refractivity contribution in [2.45, 2.75) is 5.16 Å². The number of fused-ring (bicyclic) bond motifs is 1. The van der Waals surface area contributed by atoms with E-state index >= 15 is 0 Å². The Balaban J connectivity index is 1.62. The van der Waals surface area contributed by atoms with Crippen LogP contribution in [0, 0.1) is 3.57 Å². The zero-order valence-corrected chi connectivity index (χ0v) is 15.8. The van der Waals surface area contributed by atoms with Crippen LogP contribution in [0.15, 0.2) is 52.1 Å². The lowest BCUT2D eigenvalue weighted by atomic mass is 10.3. The molecule has 0 saturated heterocycles. The van der Waals surface area contributed by atoms with Crippen LogP contribution in [0.1, 0.15) is 0 Å². The minimum atomic E-state index is -0.0476. The van der Waals surface area contributed by atoms with Crippen molar-refractivity contribution in [1.82, 2.24) is 9.97 Å². The van der Waals surface area contributed by atoms with E-state index in [4.69, 9.17) is 0 Å². The van der Waals surface area contributed by atoms with E-state index in [1.807, 2.05) is 42.5 Å². The molecule has 0 fully saturated rings. The fourth-order valence-corrected chi connectivity index (χ4v) is 3.51. The molecule has 2 aromatic carbocycles. The average molecular weight is 488 g/mol. The van der Waals surface area contributed by atoms with Gasteiger partial charge in [0, 0.05) is 13.7 Å². The van der Waals surface area contributed by atoms with Crippen molar-refractivity contribution in [2.24, 2.45) is 0 Å². The van der Waals surface area contributed by atoms with Crippen LogP contribution in [-0.2, 0) is 4.79 Å². The molecule has 7 heteroatoms. The number of benzene rings is 2. The summed E-state index contributed by atoms with van der Waals surface area (Å²) in [6, 6.07) is 13.6. The van der Waals surface area contributed by atoms with Gasteiger partial charge in [0.05, 0.1) is 16.8 Å². The molecule has 2 N–H and O–H groups in total. The van der Waals surface area contributed by atoms with E-state index in [9.17, 15) is 4.79 Å². The number of rotatable bonds is 4. The highest BCUT2D eigenvalue weighted by atomic mass is 127. The molecule has 0 atom stereocenters. The Labute approximate surface area is 153 Å². The molecule has 3 aromatic rings. The van der Waals surface area contributed by atoms with Gasteiger partial charge in [-0.3, -0.25) is 4.79 Å². The SMILES string of the molecule is O=C(CSc1nc2ccc(Br)cc2[nH]1)Nc1cccc(I)c1. The van der Waals surface area contributed by atoms with Crippen LogP contribution < -0.4 is 5.32 Å². The second-order valence-electron chi connectivity index (χ2n) is 4.55. The van der Waals surface area contributed by atoms with Gasteiger partial charge in [0.1, 0.15) is 0 Å². The molecule has 0 aliphatic rings. The maximum Gasteiger partial charge on any atom is 0.234 e. The monoisotopic (exact) mass is 487 g/mol. The summed E-state index contributed by atoms with van der Waals surface area (Å²) in [5, 5.41) is 3.62. The van der Waals surface area contributed by atoms with Gasteiger partial charge in [0.15, 0.2) is 5.16 Å². The number of amides is 1. The summed E-state index contributed by atoms with van der Waals surface area (Å²) in [6.45, 7) is 0. The summed E-state index contributed by atoms with van der Waals surface area (Å²) in [4.78, 5) is 19.6. The Morgan fingerprint density at radius 2 is 2.18 bits per heavy atom. The van der Waals surface area contributed by atoms with E-state index < -0.39 is 0 Å². The topological polar surface area (TPSA) is 57.8 Å². The molecule has 1 amide bonds. The van der Waals surface area contributed by atoms with Crippen molar-refractivity contribution in [3.05, 3.63) is 50.5 Å². The molecular formula is C15H11BrIN3OS. The van der Waals surface area contributed by atoms with Crippen LogP contribution >= 0.6 is 50.3 Å². The molecule has 0 aliphatic carbocycles. The summed E-state index contributed by atoms with van der Waals surface area (Å²) in [5.74, 6) is 0.264. The molecule has 1 heterocycles. The molecule has 1 aromatic heterocycles. The first-order valence-electron chi connectivity index (χ1n) is 6.44. The Kier molecular flexibility index (Phi) is 5.04. The lowest BCUT2D eigenvalue weighted by Crippen LogP contribution is -2.14. The Hall–Kier alpha value is -1.06. The average Bonchev–Trinajstić information content (AvgIpc) is 2.87. The van der Waals surface area contributed by atoms with Crippen LogP contribution in [0.4, 0.5) is 5.69 Å². The molecule has 0 radical (unpaired) electrons. The predicted molar refractivity (Wildman–Crippen MR) is 102 cm³/mol. The summed E-state index contributed by atoms with van der Waals surface area (Å²) in [5.41, 5.74) is 2.66. The van der Waals surface area contributed by atoms with Gasteiger partial charge >= 0.3 is 0 Å². The van der Waals surface area contributed by atoms with Gasteiger partial charge in [-0.25, -0.2) is 4.98 Å². The van der Waals surface area contributed by atoms with E-state index in [1.54, 1.807) is 0 Å². The maximum atomic E-state index is 12.0. The minimum absolute atomic E-state index is 0.0476. The van der Waals surface area contributed by atoms with Crippen molar-refractivity contribution >= 4 is 72.9 Å². The first kappa shape index (κ1) is 15.8. The molecule has 4 nitrogen and oxygen atoms in total. The third kappa shape index (κ3) is 4.02. The van der Waals surface area contributed by atoms with E-state index in [2.05, 4.69) is 53.8 Å². The zero-order valence-electron chi connectivity index (χ0n) is 11.3. The lowest BCUT2D eigenvalue weighted by Gasteiger charge is -2.04. The van der Waals surface area contributed by atoms with Crippen LogP contribution in [0.2, 0.25) is 0 Å². The van der Waals surface area contributed by atoms with Gasteiger partial charge in [0.25, 0.3) is 0 Å². The number of carbonyl (C=O) groups is 1. The fraction of sp³-hybridized carbons (Fsp3) is 0.0667. The maximum absolute atomic E-state index is 12.0. The van der Waals surface area contributed by atoms with Crippen LogP contribution in [0.5, 0.6) is 0 Å². The third-order valence-electron chi connectivity index (χ3n) is 2.87. The Bertz CT molecular complexity index is 837. The van der Waals surface area contributed by atoms with Gasteiger partial charge in [-0.2, -0.15) is 0 Å². The van der Waals surface area contributed by atoms with Gasteiger partial charge in [-0.05, 0) is 59.0 Å².